The number of para-hydroxylation sites is 1. The molecular formula is C27H36N2O7. The number of benzene rings is 2. The lowest BCUT2D eigenvalue weighted by Crippen LogP contribution is -2.49. The van der Waals surface area contributed by atoms with Crippen molar-refractivity contribution in [3.63, 3.8) is 0 Å². The van der Waals surface area contributed by atoms with Gasteiger partial charge in [-0.3, -0.25) is 9.69 Å². The first kappa shape index (κ1) is 27.1. The van der Waals surface area contributed by atoms with Crippen molar-refractivity contribution in [3.8, 4) is 23.0 Å². The van der Waals surface area contributed by atoms with Crippen LogP contribution in [0.15, 0.2) is 36.4 Å². The molecule has 0 spiro atoms. The minimum absolute atomic E-state index is 0.116. The highest BCUT2D eigenvalue weighted by Crippen LogP contribution is 2.40. The zero-order valence-electron chi connectivity index (χ0n) is 22.0. The van der Waals surface area contributed by atoms with E-state index >= 15 is 0 Å². The molecule has 0 unspecified atom stereocenters. The molecule has 0 N–H and O–H groups in total. The first-order valence-corrected chi connectivity index (χ1v) is 11.9. The van der Waals surface area contributed by atoms with Gasteiger partial charge in [-0.15, -0.1) is 0 Å². The first-order valence-electron chi connectivity index (χ1n) is 11.9. The van der Waals surface area contributed by atoms with Crippen LogP contribution in [0.25, 0.3) is 0 Å². The van der Waals surface area contributed by atoms with Gasteiger partial charge in [0.15, 0.2) is 11.5 Å². The molecule has 9 nitrogen and oxygen atoms in total. The Morgan fingerprint density at radius 2 is 1.47 bits per heavy atom. The zero-order valence-corrected chi connectivity index (χ0v) is 22.0. The Hall–Kier alpha value is -3.46. The maximum absolute atomic E-state index is 13.2. The second-order valence-electron chi connectivity index (χ2n) is 9.36. The Morgan fingerprint density at radius 1 is 0.806 bits per heavy atom. The molecule has 1 fully saturated rings. The third-order valence-electron chi connectivity index (χ3n) is 5.77. The average molecular weight is 501 g/mol. The predicted octanol–water partition coefficient (Wildman–Crippen LogP) is 3.50. The molecule has 1 heterocycles. The second-order valence-corrected chi connectivity index (χ2v) is 9.36. The lowest BCUT2D eigenvalue weighted by molar-refractivity contribution is 0.00654. The minimum Gasteiger partial charge on any atom is -0.493 e. The molecule has 9 heteroatoms. The van der Waals surface area contributed by atoms with Crippen LogP contribution in [0.2, 0.25) is 0 Å². The summed E-state index contributed by atoms with van der Waals surface area (Å²) < 4.78 is 27.6. The number of nitrogens with zero attached hydrogens (tertiary/aromatic N) is 2. The van der Waals surface area contributed by atoms with E-state index in [0.717, 1.165) is 0 Å². The quantitative estimate of drug-likeness (QED) is 0.484. The predicted molar refractivity (Wildman–Crippen MR) is 136 cm³/mol. The van der Waals surface area contributed by atoms with Gasteiger partial charge in [-0.2, -0.15) is 0 Å². The van der Waals surface area contributed by atoms with E-state index in [0.29, 0.717) is 73.5 Å². The number of amides is 1. The summed E-state index contributed by atoms with van der Waals surface area (Å²) in [7, 11) is 4.56. The summed E-state index contributed by atoms with van der Waals surface area (Å²) in [5.74, 6) is 1.24. The van der Waals surface area contributed by atoms with Gasteiger partial charge in [0.25, 0.3) is 5.91 Å². The summed E-state index contributed by atoms with van der Waals surface area (Å²) in [6.45, 7) is 9.15. The molecule has 0 aromatic heterocycles. The molecule has 1 aliphatic heterocycles. The second kappa shape index (κ2) is 12.0. The number of ether oxygens (including phenoxy) is 5. The van der Waals surface area contributed by atoms with Crippen molar-refractivity contribution in [3.05, 3.63) is 47.5 Å². The molecule has 0 bridgehead atoms. The van der Waals surface area contributed by atoms with Gasteiger partial charge in [-0.05, 0) is 45.0 Å². The number of methoxy groups -OCH3 is 3. The molecule has 0 atom stereocenters. The molecular weight excluding hydrogens is 464 g/mol. The van der Waals surface area contributed by atoms with Crippen LogP contribution in [-0.4, -0.2) is 87.9 Å². The maximum atomic E-state index is 13.2. The van der Waals surface area contributed by atoms with Crippen LogP contribution in [0.5, 0.6) is 23.0 Å². The molecule has 196 valence electrons. The molecule has 0 saturated carbocycles. The number of hydrogen-bond acceptors (Lipinski definition) is 8. The highest BCUT2D eigenvalue weighted by atomic mass is 16.6. The topological polar surface area (TPSA) is 86.8 Å². The van der Waals surface area contributed by atoms with E-state index in [9.17, 15) is 9.59 Å². The summed E-state index contributed by atoms with van der Waals surface area (Å²) in [5, 5.41) is 0. The van der Waals surface area contributed by atoms with Gasteiger partial charge in [-0.1, -0.05) is 12.1 Å². The van der Waals surface area contributed by atoms with Crippen LogP contribution in [0, 0.1) is 0 Å². The summed E-state index contributed by atoms with van der Waals surface area (Å²) in [6.07, 6.45) is 0. The number of rotatable bonds is 9. The fourth-order valence-electron chi connectivity index (χ4n) is 3.99. The van der Waals surface area contributed by atoms with E-state index in [1.54, 1.807) is 35.2 Å². The van der Waals surface area contributed by atoms with Crippen LogP contribution < -0.4 is 18.9 Å². The van der Waals surface area contributed by atoms with E-state index in [1.165, 1.54) is 21.3 Å². The third kappa shape index (κ3) is 6.60. The molecule has 0 radical (unpaired) electrons. The number of carbonyl (C=O) groups is 2. The van der Waals surface area contributed by atoms with Gasteiger partial charge in [-0.25, -0.2) is 4.79 Å². The standard InChI is InChI=1S/C27H36N2O7/c1-27(2,3)36-26(31)19-9-7-8-10-21(19)35-18-17-28-13-15-29(16-14-28)25(30)20-11-12-22(32-4)24(34-6)23(20)33-5/h7-12H,13-18H2,1-6H3. The summed E-state index contributed by atoms with van der Waals surface area (Å²) >= 11 is 0. The summed E-state index contributed by atoms with van der Waals surface area (Å²) in [4.78, 5) is 29.8. The van der Waals surface area contributed by atoms with Gasteiger partial charge in [0.2, 0.25) is 5.75 Å². The number of carbonyl (C=O) groups excluding carboxylic acids is 2. The fourth-order valence-corrected chi connectivity index (χ4v) is 3.99. The average Bonchev–Trinajstić information content (AvgIpc) is 2.86. The fraction of sp³-hybridized carbons (Fsp3) is 0.481. The molecule has 2 aromatic rings. The normalized spacial score (nSPS) is 14.2. The van der Waals surface area contributed by atoms with Crippen LogP contribution >= 0.6 is 0 Å². The van der Waals surface area contributed by atoms with E-state index in [2.05, 4.69) is 4.90 Å². The zero-order chi connectivity index (χ0) is 26.3. The van der Waals surface area contributed by atoms with Crippen molar-refractivity contribution in [1.82, 2.24) is 9.80 Å². The van der Waals surface area contributed by atoms with Crippen LogP contribution in [0.4, 0.5) is 0 Å². The third-order valence-corrected chi connectivity index (χ3v) is 5.77. The molecule has 2 aromatic carbocycles. The van der Waals surface area contributed by atoms with Gasteiger partial charge < -0.3 is 28.6 Å². The Morgan fingerprint density at radius 3 is 2.08 bits per heavy atom. The summed E-state index contributed by atoms with van der Waals surface area (Å²) in [6, 6.07) is 10.5. The smallest absolute Gasteiger partial charge is 0.342 e. The Balaban J connectivity index is 1.55. The number of esters is 1. The van der Waals surface area contributed by atoms with Crippen molar-refractivity contribution in [2.45, 2.75) is 26.4 Å². The Bertz CT molecular complexity index is 1060. The first-order chi connectivity index (χ1) is 17.2. The molecule has 1 amide bonds. The highest BCUT2D eigenvalue weighted by Gasteiger charge is 2.27. The van der Waals surface area contributed by atoms with Gasteiger partial charge in [0.05, 0.1) is 26.9 Å². The lowest BCUT2D eigenvalue weighted by atomic mass is 10.1. The van der Waals surface area contributed by atoms with Crippen LogP contribution in [-0.2, 0) is 4.74 Å². The SMILES string of the molecule is COc1ccc(C(=O)N2CCN(CCOc3ccccc3C(=O)OC(C)(C)C)CC2)c(OC)c1OC. The number of piperazine rings is 1. The van der Waals surface area contributed by atoms with Crippen molar-refractivity contribution in [2.75, 3.05) is 60.7 Å². The molecule has 0 aliphatic carbocycles. The Labute approximate surface area is 212 Å². The molecule has 1 aliphatic rings. The van der Waals surface area contributed by atoms with Crippen LogP contribution in [0.3, 0.4) is 0 Å². The largest absolute Gasteiger partial charge is 0.493 e. The minimum atomic E-state index is -0.581. The van der Waals surface area contributed by atoms with Gasteiger partial charge >= 0.3 is 5.97 Å². The lowest BCUT2D eigenvalue weighted by Gasteiger charge is -2.35. The monoisotopic (exact) mass is 500 g/mol. The van der Waals surface area contributed by atoms with Gasteiger partial charge in [0.1, 0.15) is 23.5 Å². The van der Waals surface area contributed by atoms with Crippen molar-refractivity contribution in [2.24, 2.45) is 0 Å². The van der Waals surface area contributed by atoms with Crippen molar-refractivity contribution >= 4 is 11.9 Å². The van der Waals surface area contributed by atoms with Gasteiger partial charge in [0, 0.05) is 32.7 Å². The van der Waals surface area contributed by atoms with Crippen LogP contribution in [0.1, 0.15) is 41.5 Å². The van der Waals surface area contributed by atoms with E-state index in [4.69, 9.17) is 23.7 Å². The Kier molecular flexibility index (Phi) is 9.03. The van der Waals surface area contributed by atoms with E-state index in [1.807, 2.05) is 26.8 Å². The maximum Gasteiger partial charge on any atom is 0.342 e. The molecule has 3 rings (SSSR count). The van der Waals surface area contributed by atoms with E-state index in [-0.39, 0.29) is 5.91 Å². The number of hydrogen-bond donors (Lipinski definition) is 0. The van der Waals surface area contributed by atoms with E-state index < -0.39 is 11.6 Å². The van der Waals surface area contributed by atoms with Crippen molar-refractivity contribution < 1.29 is 33.3 Å². The molecule has 36 heavy (non-hydrogen) atoms. The summed E-state index contributed by atoms with van der Waals surface area (Å²) in [5.41, 5.74) is 0.264. The molecule has 1 saturated heterocycles. The van der Waals surface area contributed by atoms with Crippen molar-refractivity contribution in [1.29, 1.82) is 0 Å². The highest BCUT2D eigenvalue weighted by molar-refractivity contribution is 5.98.